The fourth-order valence-electron chi connectivity index (χ4n) is 3.48. The smallest absolute Gasteiger partial charge is 0.259 e. The Balaban J connectivity index is 2.01. The van der Waals surface area contributed by atoms with E-state index >= 15 is 0 Å². The lowest BCUT2D eigenvalue weighted by Gasteiger charge is -2.29. The van der Waals surface area contributed by atoms with Gasteiger partial charge in [-0.1, -0.05) is 6.92 Å². The highest BCUT2D eigenvalue weighted by molar-refractivity contribution is 7.81. The minimum Gasteiger partial charge on any atom is -0.488 e. The van der Waals surface area contributed by atoms with Crippen LogP contribution in [-0.2, 0) is 11.2 Å². The highest BCUT2D eigenvalue weighted by atomic mass is 32.1. The molecular weight excluding hydrogens is 405 g/mol. The van der Waals surface area contributed by atoms with E-state index in [9.17, 15) is 14.4 Å². The van der Waals surface area contributed by atoms with Gasteiger partial charge in [0.05, 0.1) is 23.9 Å². The van der Waals surface area contributed by atoms with Gasteiger partial charge in [-0.05, 0) is 68.4 Å². The van der Waals surface area contributed by atoms with Crippen LogP contribution >= 0.6 is 12.2 Å². The molecule has 2 aromatic carbocycles. The second kappa shape index (κ2) is 8.38. The summed E-state index contributed by atoms with van der Waals surface area (Å²) in [5, 5.41) is 18.3. The summed E-state index contributed by atoms with van der Waals surface area (Å²) in [6.07, 6.45) is 0.638. The summed E-state index contributed by atoms with van der Waals surface area (Å²) >= 11 is 5.62. The van der Waals surface area contributed by atoms with Crippen LogP contribution in [-0.4, -0.2) is 34.9 Å². The number of thiocarbonyl (C=S) groups is 1. The fraction of sp³-hybridized carbons (Fsp3) is 0.318. The van der Waals surface area contributed by atoms with Crippen molar-refractivity contribution in [1.29, 1.82) is 5.26 Å². The van der Waals surface area contributed by atoms with E-state index in [4.69, 9.17) is 22.1 Å². The van der Waals surface area contributed by atoms with Crippen molar-refractivity contribution in [2.45, 2.75) is 32.7 Å². The van der Waals surface area contributed by atoms with Crippen LogP contribution in [0.25, 0.3) is 0 Å². The summed E-state index contributed by atoms with van der Waals surface area (Å²) in [7, 11) is 0. The SMILES string of the molecule is CCc1cc(N2C(=O)C(C)(C)N(c3ccc(OCCO)c(F)c3)C2=S)ccc1C#N. The van der Waals surface area contributed by atoms with Crippen molar-refractivity contribution in [3.8, 4) is 11.8 Å². The Labute approximate surface area is 180 Å². The molecule has 6 nitrogen and oxygen atoms in total. The molecule has 0 unspecified atom stereocenters. The van der Waals surface area contributed by atoms with Gasteiger partial charge in [0.25, 0.3) is 5.91 Å². The zero-order chi connectivity index (χ0) is 22.1. The lowest BCUT2D eigenvalue weighted by molar-refractivity contribution is -0.120. The van der Waals surface area contributed by atoms with E-state index in [0.717, 1.165) is 5.56 Å². The van der Waals surface area contributed by atoms with Crippen molar-refractivity contribution in [3.63, 3.8) is 0 Å². The molecule has 2 aromatic rings. The first-order valence-electron chi connectivity index (χ1n) is 9.51. The number of aliphatic hydroxyl groups excluding tert-OH is 1. The molecule has 0 aliphatic carbocycles. The Kier molecular flexibility index (Phi) is 6.06. The predicted octanol–water partition coefficient (Wildman–Crippen LogP) is 3.55. The van der Waals surface area contributed by atoms with Crippen LogP contribution in [0.4, 0.5) is 15.8 Å². The number of carbonyl (C=O) groups excluding carboxylic acids is 1. The molecule has 1 N–H and O–H groups in total. The number of carbonyl (C=O) groups is 1. The number of aliphatic hydroxyl groups is 1. The van der Waals surface area contributed by atoms with Crippen LogP contribution in [0.2, 0.25) is 0 Å². The lowest BCUT2D eigenvalue weighted by Crippen LogP contribution is -2.44. The molecular formula is C22H22FN3O3S. The number of nitriles is 1. The second-order valence-electron chi connectivity index (χ2n) is 7.31. The van der Waals surface area contributed by atoms with Gasteiger partial charge in [0.2, 0.25) is 0 Å². The summed E-state index contributed by atoms with van der Waals surface area (Å²) < 4.78 is 19.7. The first kappa shape index (κ1) is 21.7. The van der Waals surface area contributed by atoms with E-state index in [1.54, 1.807) is 43.0 Å². The summed E-state index contributed by atoms with van der Waals surface area (Å²) in [4.78, 5) is 16.3. The van der Waals surface area contributed by atoms with Crippen LogP contribution in [0.1, 0.15) is 31.9 Å². The molecule has 156 valence electrons. The van der Waals surface area contributed by atoms with Crippen LogP contribution in [0.3, 0.4) is 0 Å². The average Bonchev–Trinajstić information content (AvgIpc) is 2.90. The average molecular weight is 428 g/mol. The maximum atomic E-state index is 14.5. The quantitative estimate of drug-likeness (QED) is 0.711. The third-order valence-corrected chi connectivity index (χ3v) is 5.40. The number of ether oxygens (including phenoxy) is 1. The summed E-state index contributed by atoms with van der Waals surface area (Å²) in [6, 6.07) is 11.6. The Bertz CT molecular complexity index is 1050. The molecule has 3 rings (SSSR count). The topological polar surface area (TPSA) is 76.8 Å². The largest absolute Gasteiger partial charge is 0.488 e. The van der Waals surface area contributed by atoms with E-state index in [-0.39, 0.29) is 30.0 Å². The maximum Gasteiger partial charge on any atom is 0.259 e. The van der Waals surface area contributed by atoms with E-state index in [2.05, 4.69) is 6.07 Å². The molecule has 30 heavy (non-hydrogen) atoms. The number of benzene rings is 2. The molecule has 0 aromatic heterocycles. The number of aryl methyl sites for hydroxylation is 1. The molecule has 1 amide bonds. The first-order chi connectivity index (χ1) is 14.3. The van der Waals surface area contributed by atoms with Crippen molar-refractivity contribution < 1.29 is 19.0 Å². The number of amides is 1. The standard InChI is InChI=1S/C22H22FN3O3S/c1-4-14-11-16(6-5-15(14)13-24)25-20(28)22(2,3)26(21(25)30)17-7-8-19(18(23)12-17)29-10-9-27/h5-8,11-12,27H,4,9-10H2,1-3H3. The van der Waals surface area contributed by atoms with Gasteiger partial charge in [-0.25, -0.2) is 4.39 Å². The van der Waals surface area contributed by atoms with Crippen LogP contribution in [0, 0.1) is 17.1 Å². The van der Waals surface area contributed by atoms with Gasteiger partial charge in [-0.3, -0.25) is 9.69 Å². The number of nitrogens with zero attached hydrogens (tertiary/aromatic N) is 3. The predicted molar refractivity (Wildman–Crippen MR) is 116 cm³/mol. The number of halogens is 1. The Hall–Kier alpha value is -3.02. The van der Waals surface area contributed by atoms with E-state index < -0.39 is 11.4 Å². The number of anilines is 2. The molecule has 0 spiro atoms. The van der Waals surface area contributed by atoms with E-state index in [1.165, 1.54) is 17.0 Å². The molecule has 0 atom stereocenters. The maximum absolute atomic E-state index is 14.5. The molecule has 8 heteroatoms. The Morgan fingerprint density at radius 1 is 1.23 bits per heavy atom. The fourth-order valence-corrected chi connectivity index (χ4v) is 4.00. The molecule has 0 bridgehead atoms. The van der Waals surface area contributed by atoms with E-state index in [1.807, 2.05) is 6.92 Å². The molecule has 1 fully saturated rings. The molecule has 1 aliphatic heterocycles. The zero-order valence-corrected chi connectivity index (χ0v) is 17.8. The zero-order valence-electron chi connectivity index (χ0n) is 17.0. The Morgan fingerprint density at radius 3 is 2.53 bits per heavy atom. The van der Waals surface area contributed by atoms with Crippen molar-refractivity contribution in [3.05, 3.63) is 53.3 Å². The number of rotatable bonds is 6. The van der Waals surface area contributed by atoms with E-state index in [0.29, 0.717) is 23.4 Å². The molecule has 1 saturated heterocycles. The normalized spacial score (nSPS) is 15.5. The monoisotopic (exact) mass is 427 g/mol. The molecule has 1 heterocycles. The van der Waals surface area contributed by atoms with Crippen LogP contribution < -0.4 is 14.5 Å². The molecule has 0 radical (unpaired) electrons. The van der Waals surface area contributed by atoms with Crippen molar-refractivity contribution in [2.75, 3.05) is 23.0 Å². The third kappa shape index (κ3) is 3.62. The minimum atomic E-state index is -1.04. The number of hydrogen-bond acceptors (Lipinski definition) is 5. The molecule has 1 aliphatic rings. The van der Waals surface area contributed by atoms with Gasteiger partial charge in [0, 0.05) is 11.8 Å². The van der Waals surface area contributed by atoms with Gasteiger partial charge in [-0.15, -0.1) is 0 Å². The highest BCUT2D eigenvalue weighted by Crippen LogP contribution is 2.38. The van der Waals surface area contributed by atoms with Crippen LogP contribution in [0.15, 0.2) is 36.4 Å². The second-order valence-corrected chi connectivity index (χ2v) is 7.68. The van der Waals surface area contributed by atoms with Gasteiger partial charge in [0.15, 0.2) is 16.7 Å². The van der Waals surface area contributed by atoms with Crippen molar-refractivity contribution >= 4 is 34.6 Å². The van der Waals surface area contributed by atoms with Gasteiger partial charge in [0.1, 0.15) is 12.1 Å². The van der Waals surface area contributed by atoms with Gasteiger partial charge >= 0.3 is 0 Å². The van der Waals surface area contributed by atoms with Gasteiger partial charge < -0.3 is 14.7 Å². The van der Waals surface area contributed by atoms with Gasteiger partial charge in [-0.2, -0.15) is 5.26 Å². The van der Waals surface area contributed by atoms with Crippen molar-refractivity contribution in [2.24, 2.45) is 0 Å². The molecule has 0 saturated carbocycles. The van der Waals surface area contributed by atoms with Crippen molar-refractivity contribution in [1.82, 2.24) is 0 Å². The summed E-state index contributed by atoms with van der Waals surface area (Å²) in [5.74, 6) is -0.851. The highest BCUT2D eigenvalue weighted by Gasteiger charge is 2.50. The third-order valence-electron chi connectivity index (χ3n) is 5.04. The van der Waals surface area contributed by atoms with Crippen LogP contribution in [0.5, 0.6) is 5.75 Å². The minimum absolute atomic E-state index is 0.0126. The lowest BCUT2D eigenvalue weighted by atomic mass is 10.0. The first-order valence-corrected chi connectivity index (χ1v) is 9.92. The summed E-state index contributed by atoms with van der Waals surface area (Å²) in [6.45, 7) is 5.14. The number of hydrogen-bond donors (Lipinski definition) is 1. The Morgan fingerprint density at radius 2 is 1.93 bits per heavy atom. The summed E-state index contributed by atoms with van der Waals surface area (Å²) in [5.41, 5.74) is 1.31.